The minimum Gasteiger partial charge on any atom is -0.386 e. The zero-order chi connectivity index (χ0) is 9.97. The summed E-state index contributed by atoms with van der Waals surface area (Å²) in [5.74, 6) is 0. The van der Waals surface area contributed by atoms with Crippen molar-refractivity contribution in [3.8, 4) is 0 Å². The Balaban J connectivity index is 2.42. The van der Waals surface area contributed by atoms with Crippen molar-refractivity contribution in [3.05, 3.63) is 36.0 Å². The zero-order valence-electron chi connectivity index (χ0n) is 8.03. The lowest BCUT2D eigenvalue weighted by molar-refractivity contribution is 0.0653. The van der Waals surface area contributed by atoms with E-state index in [1.165, 1.54) is 0 Å². The second-order valence-electron chi connectivity index (χ2n) is 3.26. The summed E-state index contributed by atoms with van der Waals surface area (Å²) in [6, 6.07) is 7.89. The molecule has 0 aliphatic carbocycles. The Hall–Kier alpha value is -1.32. The number of hydrogen-bond acceptors (Lipinski definition) is 2. The van der Waals surface area contributed by atoms with Gasteiger partial charge in [-0.1, -0.05) is 18.2 Å². The summed E-state index contributed by atoms with van der Waals surface area (Å²) in [4.78, 5) is 3.11. The lowest BCUT2D eigenvalue weighted by atomic mass is 10.1. The van der Waals surface area contributed by atoms with Crippen LogP contribution in [0.2, 0.25) is 0 Å². The minimum absolute atomic E-state index is 0.321. The van der Waals surface area contributed by atoms with Gasteiger partial charge in [-0.3, -0.25) is 0 Å². The highest BCUT2D eigenvalue weighted by Gasteiger charge is 2.11. The molecule has 1 unspecified atom stereocenters. The second kappa shape index (κ2) is 3.82. The molecule has 3 heteroatoms. The van der Waals surface area contributed by atoms with E-state index in [9.17, 15) is 5.11 Å². The van der Waals surface area contributed by atoms with E-state index in [2.05, 4.69) is 4.98 Å². The number of benzene rings is 1. The maximum Gasteiger partial charge on any atom is 0.104 e. The van der Waals surface area contributed by atoms with Crippen molar-refractivity contribution >= 4 is 10.9 Å². The zero-order valence-corrected chi connectivity index (χ0v) is 8.03. The molecule has 0 saturated carbocycles. The largest absolute Gasteiger partial charge is 0.386 e. The summed E-state index contributed by atoms with van der Waals surface area (Å²) in [5.41, 5.74) is 1.93. The molecule has 1 atom stereocenters. The Labute approximate surface area is 82.3 Å². The van der Waals surface area contributed by atoms with Crippen LogP contribution < -0.4 is 0 Å². The monoisotopic (exact) mass is 191 g/mol. The summed E-state index contributed by atoms with van der Waals surface area (Å²) in [6.45, 7) is 0.321. The predicted octanol–water partition coefficient (Wildman–Crippen LogP) is 1.85. The maximum absolute atomic E-state index is 9.76. The number of H-pyrrole nitrogens is 1. The molecule has 0 amide bonds. The molecule has 0 aliphatic rings. The molecule has 1 aromatic heterocycles. The third-order valence-electron chi connectivity index (χ3n) is 2.30. The fourth-order valence-corrected chi connectivity index (χ4v) is 1.62. The number of aliphatic hydroxyl groups is 1. The van der Waals surface area contributed by atoms with Crippen LogP contribution in [0.3, 0.4) is 0 Å². The van der Waals surface area contributed by atoms with Crippen molar-refractivity contribution in [2.45, 2.75) is 6.10 Å². The molecule has 2 N–H and O–H groups in total. The normalized spacial score (nSPS) is 13.3. The van der Waals surface area contributed by atoms with Crippen LogP contribution in [0.4, 0.5) is 0 Å². The number of rotatable bonds is 3. The summed E-state index contributed by atoms with van der Waals surface area (Å²) in [7, 11) is 1.58. The quantitative estimate of drug-likeness (QED) is 0.777. The molecule has 0 saturated heterocycles. The molecule has 1 heterocycles. The Bertz CT molecular complexity index is 422. The standard InChI is InChI=1S/C11H13NO2/c1-14-7-11(13)9-6-12-10-5-3-2-4-8(9)10/h2-6,11-13H,7H2,1H3. The lowest BCUT2D eigenvalue weighted by Gasteiger charge is -2.07. The molecule has 0 aliphatic heterocycles. The van der Waals surface area contributed by atoms with E-state index >= 15 is 0 Å². The third kappa shape index (κ3) is 1.52. The van der Waals surface area contributed by atoms with Gasteiger partial charge in [0.1, 0.15) is 6.10 Å². The van der Waals surface area contributed by atoms with Crippen molar-refractivity contribution in [1.29, 1.82) is 0 Å². The Morgan fingerprint density at radius 3 is 3.00 bits per heavy atom. The number of aromatic amines is 1. The molecule has 14 heavy (non-hydrogen) atoms. The van der Waals surface area contributed by atoms with Gasteiger partial charge in [0, 0.05) is 29.8 Å². The highest BCUT2D eigenvalue weighted by Crippen LogP contribution is 2.23. The van der Waals surface area contributed by atoms with Gasteiger partial charge in [0.05, 0.1) is 6.61 Å². The Morgan fingerprint density at radius 1 is 1.43 bits per heavy atom. The molecular formula is C11H13NO2. The molecule has 2 rings (SSSR count). The Morgan fingerprint density at radius 2 is 2.21 bits per heavy atom. The molecule has 1 aromatic carbocycles. The van der Waals surface area contributed by atoms with Crippen LogP contribution >= 0.6 is 0 Å². The van der Waals surface area contributed by atoms with Crippen LogP contribution in [0.1, 0.15) is 11.7 Å². The van der Waals surface area contributed by atoms with E-state index in [1.807, 2.05) is 30.5 Å². The number of aliphatic hydroxyl groups excluding tert-OH is 1. The first-order valence-electron chi connectivity index (χ1n) is 4.56. The van der Waals surface area contributed by atoms with Crippen molar-refractivity contribution in [2.24, 2.45) is 0 Å². The van der Waals surface area contributed by atoms with Gasteiger partial charge >= 0.3 is 0 Å². The van der Waals surface area contributed by atoms with Gasteiger partial charge in [0.25, 0.3) is 0 Å². The van der Waals surface area contributed by atoms with Gasteiger partial charge in [-0.2, -0.15) is 0 Å². The lowest BCUT2D eigenvalue weighted by Crippen LogP contribution is -2.03. The van der Waals surface area contributed by atoms with Gasteiger partial charge in [0.15, 0.2) is 0 Å². The average molecular weight is 191 g/mol. The van der Waals surface area contributed by atoms with E-state index in [4.69, 9.17) is 4.74 Å². The predicted molar refractivity (Wildman–Crippen MR) is 55.1 cm³/mol. The summed E-state index contributed by atoms with van der Waals surface area (Å²) in [5, 5.41) is 10.8. The number of ether oxygens (including phenoxy) is 1. The second-order valence-corrected chi connectivity index (χ2v) is 3.26. The molecule has 3 nitrogen and oxygen atoms in total. The van der Waals surface area contributed by atoms with E-state index in [0.29, 0.717) is 6.61 Å². The smallest absolute Gasteiger partial charge is 0.104 e. The number of hydrogen-bond donors (Lipinski definition) is 2. The average Bonchev–Trinajstić information content (AvgIpc) is 2.61. The first-order valence-corrected chi connectivity index (χ1v) is 4.56. The topological polar surface area (TPSA) is 45.2 Å². The number of nitrogens with one attached hydrogen (secondary N) is 1. The summed E-state index contributed by atoms with van der Waals surface area (Å²) >= 11 is 0. The molecule has 0 fully saturated rings. The van der Waals surface area contributed by atoms with Crippen LogP contribution in [0, 0.1) is 0 Å². The first kappa shape index (κ1) is 9.24. The molecular weight excluding hydrogens is 178 g/mol. The molecule has 0 radical (unpaired) electrons. The fraction of sp³-hybridized carbons (Fsp3) is 0.273. The van der Waals surface area contributed by atoms with Crippen molar-refractivity contribution in [3.63, 3.8) is 0 Å². The van der Waals surface area contributed by atoms with Crippen LogP contribution in [-0.2, 0) is 4.74 Å². The first-order chi connectivity index (χ1) is 6.83. The number of aromatic nitrogens is 1. The van der Waals surface area contributed by atoms with Gasteiger partial charge in [-0.15, -0.1) is 0 Å². The molecule has 0 spiro atoms. The van der Waals surface area contributed by atoms with Gasteiger partial charge in [0.2, 0.25) is 0 Å². The van der Waals surface area contributed by atoms with E-state index in [0.717, 1.165) is 16.5 Å². The number of para-hydroxylation sites is 1. The van der Waals surface area contributed by atoms with E-state index < -0.39 is 6.10 Å². The van der Waals surface area contributed by atoms with Crippen molar-refractivity contribution < 1.29 is 9.84 Å². The van der Waals surface area contributed by atoms with E-state index in [1.54, 1.807) is 7.11 Å². The summed E-state index contributed by atoms with van der Waals surface area (Å²) in [6.07, 6.45) is 1.27. The van der Waals surface area contributed by atoms with Crippen LogP contribution in [-0.4, -0.2) is 23.8 Å². The van der Waals surface area contributed by atoms with E-state index in [-0.39, 0.29) is 0 Å². The van der Waals surface area contributed by atoms with Crippen LogP contribution in [0.25, 0.3) is 10.9 Å². The molecule has 74 valence electrons. The highest BCUT2D eigenvalue weighted by molar-refractivity contribution is 5.83. The number of methoxy groups -OCH3 is 1. The highest BCUT2D eigenvalue weighted by atomic mass is 16.5. The summed E-state index contributed by atoms with van der Waals surface area (Å²) < 4.78 is 4.91. The van der Waals surface area contributed by atoms with Gasteiger partial charge < -0.3 is 14.8 Å². The molecule has 0 bridgehead atoms. The van der Waals surface area contributed by atoms with Gasteiger partial charge in [-0.25, -0.2) is 0 Å². The van der Waals surface area contributed by atoms with Crippen molar-refractivity contribution in [2.75, 3.05) is 13.7 Å². The van der Waals surface area contributed by atoms with Crippen LogP contribution in [0.5, 0.6) is 0 Å². The number of fused-ring (bicyclic) bond motifs is 1. The maximum atomic E-state index is 9.76. The van der Waals surface area contributed by atoms with Crippen LogP contribution in [0.15, 0.2) is 30.5 Å². The minimum atomic E-state index is -0.559. The van der Waals surface area contributed by atoms with Crippen molar-refractivity contribution in [1.82, 2.24) is 4.98 Å². The fourth-order valence-electron chi connectivity index (χ4n) is 1.62. The third-order valence-corrected chi connectivity index (χ3v) is 2.30. The Kier molecular flexibility index (Phi) is 2.52. The molecule has 2 aromatic rings. The SMILES string of the molecule is COCC(O)c1c[nH]c2ccccc12. The van der Waals surface area contributed by atoms with Gasteiger partial charge in [-0.05, 0) is 6.07 Å².